The van der Waals surface area contributed by atoms with Gasteiger partial charge >= 0.3 is 0 Å². The van der Waals surface area contributed by atoms with E-state index in [1.807, 2.05) is 11.3 Å². The molecule has 314 valence electrons. The maximum absolute atomic E-state index is 7.07. The molecule has 0 saturated heterocycles. The minimum atomic E-state index is 0.846. The Morgan fingerprint density at radius 2 is 0.851 bits per heavy atom. The fourth-order valence-electron chi connectivity index (χ4n) is 10.0. The Labute approximate surface area is 392 Å². The van der Waals surface area contributed by atoms with Gasteiger partial charge in [-0.3, -0.25) is 0 Å². The van der Waals surface area contributed by atoms with E-state index in [9.17, 15) is 0 Å². The number of nitrogens with zero attached hydrogens (tertiary/aromatic N) is 1. The van der Waals surface area contributed by atoms with Gasteiger partial charge in [0.15, 0.2) is 5.58 Å². The highest BCUT2D eigenvalue weighted by molar-refractivity contribution is 7.26. The topological polar surface area (TPSA) is 16.4 Å². The first-order chi connectivity index (χ1) is 33.2. The maximum Gasteiger partial charge on any atom is 0.159 e. The molecule has 0 N–H and O–H groups in total. The van der Waals surface area contributed by atoms with E-state index in [4.69, 9.17) is 4.42 Å². The number of hydrogen-bond acceptors (Lipinski definition) is 3. The Bertz CT molecular complexity index is 3950. The molecule has 0 amide bonds. The van der Waals surface area contributed by atoms with Crippen LogP contribution >= 0.6 is 11.3 Å². The zero-order chi connectivity index (χ0) is 44.3. The Morgan fingerprint density at radius 1 is 0.328 bits per heavy atom. The predicted molar refractivity (Wildman–Crippen MR) is 286 cm³/mol. The SMILES string of the molecule is c1ccc(-c2ccc3c(c2)oc2c(N(c4ccc(-c5cc6ccccc6cc5-c5ccccc5)cc4)c4ccc(-c5ccccc5)c5sc6cc(-c7ccccc7)ccc6c45)cccc23)cc1. The standard InChI is InChI=1S/C64H41NOS/c1-5-16-42(17-6-1)49-30-34-53-54-26-15-27-59(63(54)66-60(53)40-49)65(51-32-28-46(29-33-51)57-39-48-25-14-13-24-47(48)38-56(57)45-22-11-4-12-23-45)58-37-36-52(44-20-9-3-10-21-44)64-62(58)55-35-31-50(41-61(55)67-64)43-18-7-2-8-19-43/h1-41H. The molecule has 2 aromatic heterocycles. The number of anilines is 3. The number of thiophene rings is 1. The summed E-state index contributed by atoms with van der Waals surface area (Å²) in [5.74, 6) is 0. The first-order valence-corrected chi connectivity index (χ1v) is 23.6. The highest BCUT2D eigenvalue weighted by Crippen LogP contribution is 2.51. The molecule has 67 heavy (non-hydrogen) atoms. The van der Waals surface area contributed by atoms with Gasteiger partial charge in [-0.2, -0.15) is 0 Å². The molecule has 11 aromatic carbocycles. The van der Waals surface area contributed by atoms with Crippen LogP contribution in [0.25, 0.3) is 109 Å². The number of fused-ring (bicyclic) bond motifs is 7. The summed E-state index contributed by atoms with van der Waals surface area (Å²) < 4.78 is 9.56. The lowest BCUT2D eigenvalue weighted by atomic mass is 9.91. The van der Waals surface area contributed by atoms with Crippen molar-refractivity contribution >= 4 is 81.3 Å². The van der Waals surface area contributed by atoms with E-state index in [0.29, 0.717) is 0 Å². The highest BCUT2D eigenvalue weighted by atomic mass is 32.1. The lowest BCUT2D eigenvalue weighted by molar-refractivity contribution is 0.669. The Morgan fingerprint density at radius 3 is 1.48 bits per heavy atom. The van der Waals surface area contributed by atoms with Crippen molar-refractivity contribution in [2.75, 3.05) is 4.90 Å². The molecule has 0 spiro atoms. The average Bonchev–Trinajstić information content (AvgIpc) is 3.98. The van der Waals surface area contributed by atoms with Crippen molar-refractivity contribution in [3.05, 3.63) is 249 Å². The van der Waals surface area contributed by atoms with Gasteiger partial charge in [-0.05, 0) is 121 Å². The predicted octanol–water partition coefficient (Wildman–Crippen LogP) is 18.9. The van der Waals surface area contributed by atoms with E-state index in [-0.39, 0.29) is 0 Å². The zero-order valence-electron chi connectivity index (χ0n) is 36.4. The summed E-state index contributed by atoms with van der Waals surface area (Å²) in [6.07, 6.45) is 0. The van der Waals surface area contributed by atoms with E-state index >= 15 is 0 Å². The number of furan rings is 1. The summed E-state index contributed by atoms with van der Waals surface area (Å²) in [4.78, 5) is 2.43. The third kappa shape index (κ3) is 6.79. The molecule has 2 nitrogen and oxygen atoms in total. The number of hydrogen-bond donors (Lipinski definition) is 0. The Hall–Kier alpha value is -8.50. The number of para-hydroxylation sites is 1. The van der Waals surface area contributed by atoms with E-state index < -0.39 is 0 Å². The quantitative estimate of drug-likeness (QED) is 0.151. The Kier molecular flexibility index (Phi) is 9.40. The van der Waals surface area contributed by atoms with Crippen LogP contribution in [-0.2, 0) is 0 Å². The summed E-state index contributed by atoms with van der Waals surface area (Å²) in [6, 6.07) is 90.0. The van der Waals surface area contributed by atoms with E-state index in [1.165, 1.54) is 69.9 Å². The minimum absolute atomic E-state index is 0.846. The van der Waals surface area contributed by atoms with Crippen molar-refractivity contribution < 1.29 is 4.42 Å². The van der Waals surface area contributed by atoms with Gasteiger partial charge in [0, 0.05) is 36.6 Å². The minimum Gasteiger partial charge on any atom is -0.454 e. The molecule has 13 aromatic rings. The van der Waals surface area contributed by atoms with Crippen LogP contribution in [0.2, 0.25) is 0 Å². The second-order valence-corrected chi connectivity index (χ2v) is 18.3. The molecule has 0 radical (unpaired) electrons. The van der Waals surface area contributed by atoms with Gasteiger partial charge in [0.2, 0.25) is 0 Å². The molecular formula is C64H41NOS. The highest BCUT2D eigenvalue weighted by Gasteiger charge is 2.25. The second kappa shape index (κ2) is 16.2. The van der Waals surface area contributed by atoms with Gasteiger partial charge in [-0.15, -0.1) is 11.3 Å². The van der Waals surface area contributed by atoms with Gasteiger partial charge in [0.25, 0.3) is 0 Å². The summed E-state index contributed by atoms with van der Waals surface area (Å²) >= 11 is 1.87. The third-order valence-electron chi connectivity index (χ3n) is 13.3. The van der Waals surface area contributed by atoms with E-state index in [2.05, 4.69) is 254 Å². The van der Waals surface area contributed by atoms with Crippen molar-refractivity contribution in [1.82, 2.24) is 0 Å². The monoisotopic (exact) mass is 871 g/mol. The molecule has 0 saturated carbocycles. The molecule has 0 fully saturated rings. The molecule has 0 aliphatic rings. The van der Waals surface area contributed by atoms with Crippen LogP contribution in [0.5, 0.6) is 0 Å². The third-order valence-corrected chi connectivity index (χ3v) is 14.5. The van der Waals surface area contributed by atoms with Gasteiger partial charge in [0.1, 0.15) is 5.58 Å². The van der Waals surface area contributed by atoms with Gasteiger partial charge in [-0.1, -0.05) is 194 Å². The van der Waals surface area contributed by atoms with Crippen LogP contribution in [0.1, 0.15) is 0 Å². The fraction of sp³-hybridized carbons (Fsp3) is 0. The summed E-state index contributed by atoms with van der Waals surface area (Å²) in [6.45, 7) is 0. The largest absolute Gasteiger partial charge is 0.454 e. The maximum atomic E-state index is 7.07. The molecule has 0 atom stereocenters. The van der Waals surface area contributed by atoms with E-state index in [0.717, 1.165) is 55.7 Å². The smallest absolute Gasteiger partial charge is 0.159 e. The second-order valence-electron chi connectivity index (χ2n) is 17.2. The summed E-state index contributed by atoms with van der Waals surface area (Å²) in [5, 5.41) is 7.06. The van der Waals surface area contributed by atoms with Crippen molar-refractivity contribution in [2.24, 2.45) is 0 Å². The van der Waals surface area contributed by atoms with Crippen molar-refractivity contribution in [2.45, 2.75) is 0 Å². The molecular weight excluding hydrogens is 831 g/mol. The normalized spacial score (nSPS) is 11.6. The lowest BCUT2D eigenvalue weighted by Crippen LogP contribution is -2.10. The van der Waals surface area contributed by atoms with Crippen LogP contribution in [0.4, 0.5) is 17.1 Å². The van der Waals surface area contributed by atoms with Gasteiger partial charge < -0.3 is 9.32 Å². The van der Waals surface area contributed by atoms with Crippen LogP contribution in [0, 0.1) is 0 Å². The average molecular weight is 872 g/mol. The van der Waals surface area contributed by atoms with Crippen LogP contribution in [0.15, 0.2) is 253 Å². The molecule has 0 aliphatic carbocycles. The van der Waals surface area contributed by atoms with E-state index in [1.54, 1.807) is 0 Å². The van der Waals surface area contributed by atoms with Crippen LogP contribution in [-0.4, -0.2) is 0 Å². The van der Waals surface area contributed by atoms with Crippen molar-refractivity contribution in [3.8, 4) is 55.6 Å². The molecule has 13 rings (SSSR count). The first kappa shape index (κ1) is 38.9. The zero-order valence-corrected chi connectivity index (χ0v) is 37.3. The van der Waals surface area contributed by atoms with Crippen molar-refractivity contribution in [1.29, 1.82) is 0 Å². The lowest BCUT2D eigenvalue weighted by Gasteiger charge is -2.27. The molecule has 2 heterocycles. The number of benzene rings is 11. The summed E-state index contributed by atoms with van der Waals surface area (Å²) in [5.41, 5.74) is 16.7. The molecule has 0 bridgehead atoms. The van der Waals surface area contributed by atoms with Crippen molar-refractivity contribution in [3.63, 3.8) is 0 Å². The van der Waals surface area contributed by atoms with Crippen LogP contribution < -0.4 is 4.90 Å². The fourth-order valence-corrected chi connectivity index (χ4v) is 11.3. The first-order valence-electron chi connectivity index (χ1n) is 22.8. The molecule has 3 heteroatoms. The Balaban J connectivity index is 1.06. The number of rotatable bonds is 8. The molecule has 0 aliphatic heterocycles. The van der Waals surface area contributed by atoms with Gasteiger partial charge in [0.05, 0.1) is 11.4 Å². The molecule has 0 unspecified atom stereocenters. The van der Waals surface area contributed by atoms with Crippen LogP contribution in [0.3, 0.4) is 0 Å². The van der Waals surface area contributed by atoms with Gasteiger partial charge in [-0.25, -0.2) is 0 Å². The summed E-state index contributed by atoms with van der Waals surface area (Å²) in [7, 11) is 0.